The summed E-state index contributed by atoms with van der Waals surface area (Å²) in [6.45, 7) is 1.69. The van der Waals surface area contributed by atoms with Crippen molar-refractivity contribution >= 4 is 5.96 Å². The van der Waals surface area contributed by atoms with Gasteiger partial charge < -0.3 is 10.2 Å². The van der Waals surface area contributed by atoms with Gasteiger partial charge in [0.05, 0.1) is 6.20 Å². The molecule has 0 aliphatic heterocycles. The number of rotatable bonds is 5. The number of nitrogens with zero attached hydrogens (tertiary/aromatic N) is 4. The molecule has 0 unspecified atom stereocenters. The Labute approximate surface area is 126 Å². The minimum Gasteiger partial charge on any atom is -0.356 e. The van der Waals surface area contributed by atoms with Gasteiger partial charge in [-0.25, -0.2) is 0 Å². The predicted molar refractivity (Wildman–Crippen MR) is 86.2 cm³/mol. The van der Waals surface area contributed by atoms with Gasteiger partial charge in [-0.05, 0) is 17.5 Å². The van der Waals surface area contributed by atoms with Gasteiger partial charge in [0, 0.05) is 40.4 Å². The van der Waals surface area contributed by atoms with E-state index >= 15 is 0 Å². The number of aryl methyl sites for hydroxylation is 1. The Morgan fingerprint density at radius 3 is 2.67 bits per heavy atom. The van der Waals surface area contributed by atoms with Crippen LogP contribution in [0.4, 0.5) is 0 Å². The van der Waals surface area contributed by atoms with E-state index in [1.54, 1.807) is 0 Å². The number of hydrogen-bond donors (Lipinski definition) is 1. The topological polar surface area (TPSA) is 45.5 Å². The summed E-state index contributed by atoms with van der Waals surface area (Å²) in [7, 11) is 5.80. The average Bonchev–Trinajstić information content (AvgIpc) is 2.90. The SMILES string of the molecule is CN=C(NCCc1cnn(C)c1)N(C)Cc1ccccc1. The van der Waals surface area contributed by atoms with Crippen molar-refractivity contribution < 1.29 is 0 Å². The first-order chi connectivity index (χ1) is 10.2. The number of aromatic nitrogens is 2. The zero-order chi connectivity index (χ0) is 15.1. The Kier molecular flexibility index (Phi) is 5.37. The molecule has 0 saturated carbocycles. The molecule has 1 aromatic carbocycles. The molecule has 2 aromatic rings. The molecule has 112 valence electrons. The molecule has 0 spiro atoms. The molecule has 0 aliphatic carbocycles. The minimum atomic E-state index is 0.841. The summed E-state index contributed by atoms with van der Waals surface area (Å²) in [4.78, 5) is 6.45. The second kappa shape index (κ2) is 7.47. The number of guanidine groups is 1. The van der Waals surface area contributed by atoms with Gasteiger partial charge in [-0.15, -0.1) is 0 Å². The van der Waals surface area contributed by atoms with Crippen LogP contribution in [-0.2, 0) is 20.0 Å². The molecular weight excluding hydrogens is 262 g/mol. The van der Waals surface area contributed by atoms with Crippen LogP contribution < -0.4 is 5.32 Å². The second-order valence-electron chi connectivity index (χ2n) is 5.09. The first kappa shape index (κ1) is 15.1. The van der Waals surface area contributed by atoms with E-state index in [9.17, 15) is 0 Å². The zero-order valence-electron chi connectivity index (χ0n) is 13.0. The van der Waals surface area contributed by atoms with Gasteiger partial charge in [0.1, 0.15) is 0 Å². The summed E-state index contributed by atoms with van der Waals surface area (Å²) >= 11 is 0. The molecule has 5 heteroatoms. The Morgan fingerprint density at radius 2 is 2.05 bits per heavy atom. The minimum absolute atomic E-state index is 0.841. The lowest BCUT2D eigenvalue weighted by Crippen LogP contribution is -2.39. The maximum absolute atomic E-state index is 4.33. The Morgan fingerprint density at radius 1 is 1.29 bits per heavy atom. The summed E-state index contributed by atoms with van der Waals surface area (Å²) in [5.74, 6) is 0.905. The highest BCUT2D eigenvalue weighted by Crippen LogP contribution is 2.03. The van der Waals surface area contributed by atoms with Crippen molar-refractivity contribution in [1.82, 2.24) is 20.0 Å². The molecular formula is C16H23N5. The van der Waals surface area contributed by atoms with Gasteiger partial charge in [-0.2, -0.15) is 5.10 Å². The van der Waals surface area contributed by atoms with Crippen LogP contribution in [-0.4, -0.2) is 41.3 Å². The molecule has 0 radical (unpaired) electrons. The maximum atomic E-state index is 4.33. The summed E-state index contributed by atoms with van der Waals surface area (Å²) in [5, 5.41) is 7.56. The first-order valence-corrected chi connectivity index (χ1v) is 7.12. The second-order valence-corrected chi connectivity index (χ2v) is 5.09. The first-order valence-electron chi connectivity index (χ1n) is 7.12. The van der Waals surface area contributed by atoms with Crippen LogP contribution in [0, 0.1) is 0 Å². The van der Waals surface area contributed by atoms with Crippen LogP contribution in [0.3, 0.4) is 0 Å². The van der Waals surface area contributed by atoms with Gasteiger partial charge in [0.15, 0.2) is 5.96 Å². The van der Waals surface area contributed by atoms with Crippen LogP contribution in [0.5, 0.6) is 0 Å². The summed E-state index contributed by atoms with van der Waals surface area (Å²) in [5.41, 5.74) is 2.50. The molecule has 0 aliphatic rings. The van der Waals surface area contributed by atoms with E-state index in [1.807, 2.05) is 44.3 Å². The smallest absolute Gasteiger partial charge is 0.193 e. The van der Waals surface area contributed by atoms with Crippen LogP contribution in [0.25, 0.3) is 0 Å². The van der Waals surface area contributed by atoms with E-state index in [2.05, 4.69) is 44.6 Å². The molecule has 0 fully saturated rings. The van der Waals surface area contributed by atoms with Crippen LogP contribution >= 0.6 is 0 Å². The van der Waals surface area contributed by atoms with Crippen molar-refractivity contribution in [3.63, 3.8) is 0 Å². The summed E-state index contributed by atoms with van der Waals surface area (Å²) in [6.07, 6.45) is 4.88. The molecule has 0 saturated heterocycles. The zero-order valence-corrected chi connectivity index (χ0v) is 13.0. The molecule has 2 rings (SSSR count). The van der Waals surface area contributed by atoms with Crippen molar-refractivity contribution in [2.24, 2.45) is 12.0 Å². The lowest BCUT2D eigenvalue weighted by molar-refractivity contribution is 0.477. The fourth-order valence-corrected chi connectivity index (χ4v) is 2.24. The van der Waals surface area contributed by atoms with Gasteiger partial charge in [0.25, 0.3) is 0 Å². The van der Waals surface area contributed by atoms with Gasteiger partial charge in [-0.1, -0.05) is 30.3 Å². The molecule has 0 amide bonds. The average molecular weight is 285 g/mol. The van der Waals surface area contributed by atoms with Crippen molar-refractivity contribution in [3.8, 4) is 0 Å². The lowest BCUT2D eigenvalue weighted by atomic mass is 10.2. The highest BCUT2D eigenvalue weighted by Gasteiger charge is 2.06. The number of nitrogens with one attached hydrogen (secondary N) is 1. The van der Waals surface area contributed by atoms with Crippen LogP contribution in [0.2, 0.25) is 0 Å². The van der Waals surface area contributed by atoms with Crippen LogP contribution in [0.15, 0.2) is 47.7 Å². The van der Waals surface area contributed by atoms with Crippen LogP contribution in [0.1, 0.15) is 11.1 Å². The number of hydrogen-bond acceptors (Lipinski definition) is 2. The third-order valence-corrected chi connectivity index (χ3v) is 3.29. The molecule has 21 heavy (non-hydrogen) atoms. The number of aliphatic imine (C=N–C) groups is 1. The summed E-state index contributed by atoms with van der Waals surface area (Å²) in [6, 6.07) is 10.4. The van der Waals surface area contributed by atoms with E-state index in [0.29, 0.717) is 0 Å². The maximum Gasteiger partial charge on any atom is 0.193 e. The highest BCUT2D eigenvalue weighted by molar-refractivity contribution is 5.79. The standard InChI is InChI=1S/C16H23N5/c1-17-16(18-10-9-15-11-19-21(3)13-15)20(2)12-14-7-5-4-6-8-14/h4-8,11,13H,9-10,12H2,1-3H3,(H,17,18). The van der Waals surface area contributed by atoms with Gasteiger partial charge in [0.2, 0.25) is 0 Å². The van der Waals surface area contributed by atoms with E-state index in [1.165, 1.54) is 11.1 Å². The number of benzene rings is 1. The Bertz CT molecular complexity index is 573. The Hall–Kier alpha value is -2.30. The van der Waals surface area contributed by atoms with E-state index < -0.39 is 0 Å². The predicted octanol–water partition coefficient (Wildman–Crippen LogP) is 1.67. The lowest BCUT2D eigenvalue weighted by Gasteiger charge is -2.22. The van der Waals surface area contributed by atoms with E-state index in [0.717, 1.165) is 25.5 Å². The third-order valence-electron chi connectivity index (χ3n) is 3.29. The Balaban J connectivity index is 1.82. The highest BCUT2D eigenvalue weighted by atomic mass is 15.3. The molecule has 1 heterocycles. The van der Waals surface area contributed by atoms with Gasteiger partial charge >= 0.3 is 0 Å². The monoisotopic (exact) mass is 285 g/mol. The molecule has 0 bridgehead atoms. The summed E-state index contributed by atoms with van der Waals surface area (Å²) < 4.78 is 1.83. The fraction of sp³-hybridized carbons (Fsp3) is 0.375. The molecule has 1 N–H and O–H groups in total. The third kappa shape index (κ3) is 4.63. The molecule has 5 nitrogen and oxygen atoms in total. The van der Waals surface area contributed by atoms with Crippen molar-refractivity contribution in [3.05, 3.63) is 53.9 Å². The fourth-order valence-electron chi connectivity index (χ4n) is 2.24. The van der Waals surface area contributed by atoms with Crippen molar-refractivity contribution in [2.45, 2.75) is 13.0 Å². The van der Waals surface area contributed by atoms with Gasteiger partial charge in [-0.3, -0.25) is 9.67 Å². The quantitative estimate of drug-likeness (QED) is 0.671. The van der Waals surface area contributed by atoms with Crippen molar-refractivity contribution in [2.75, 3.05) is 20.6 Å². The molecule has 1 aromatic heterocycles. The normalized spacial score (nSPS) is 11.5. The van der Waals surface area contributed by atoms with E-state index in [-0.39, 0.29) is 0 Å². The largest absolute Gasteiger partial charge is 0.356 e. The van der Waals surface area contributed by atoms with Crippen molar-refractivity contribution in [1.29, 1.82) is 0 Å². The van der Waals surface area contributed by atoms with E-state index in [4.69, 9.17) is 0 Å². The molecule has 0 atom stereocenters.